The molecule has 21 heavy (non-hydrogen) atoms. The normalized spacial score (nSPS) is 25.9. The van der Waals surface area contributed by atoms with Crippen molar-refractivity contribution in [1.29, 1.82) is 0 Å². The van der Waals surface area contributed by atoms with Crippen LogP contribution in [0, 0.1) is 5.92 Å². The molecule has 1 fully saturated rings. The number of fused-ring (bicyclic) bond motifs is 1. The zero-order chi connectivity index (χ0) is 14.8. The number of hydrogen-bond acceptors (Lipinski definition) is 4. The molecular weight excluding hydrogens is 288 g/mol. The second kappa shape index (κ2) is 6.42. The Morgan fingerprint density at radius 2 is 2.14 bits per heavy atom. The Labute approximate surface area is 130 Å². The van der Waals surface area contributed by atoms with Crippen molar-refractivity contribution < 1.29 is 9.47 Å². The number of hydrogen-bond donors (Lipinski definition) is 2. The molecule has 0 amide bonds. The first-order chi connectivity index (χ1) is 10.2. The number of rotatable bonds is 4. The third-order valence-corrected chi connectivity index (χ3v) is 4.67. The van der Waals surface area contributed by atoms with E-state index in [2.05, 4.69) is 12.2 Å². The second-order valence-electron chi connectivity index (χ2n) is 6.10. The Bertz CT molecular complexity index is 509. The first-order valence-corrected chi connectivity index (χ1v) is 8.10. The summed E-state index contributed by atoms with van der Waals surface area (Å²) in [5.41, 5.74) is 7.04. The Morgan fingerprint density at radius 3 is 2.86 bits per heavy atom. The van der Waals surface area contributed by atoms with Crippen LogP contribution in [0.3, 0.4) is 0 Å². The fourth-order valence-electron chi connectivity index (χ4n) is 3.28. The van der Waals surface area contributed by atoms with Crippen molar-refractivity contribution in [3.63, 3.8) is 0 Å². The molecule has 3 unspecified atom stereocenters. The van der Waals surface area contributed by atoms with Crippen LogP contribution in [0.2, 0.25) is 5.02 Å². The van der Waals surface area contributed by atoms with Crippen LogP contribution < -0.4 is 20.5 Å². The maximum Gasteiger partial charge on any atom is 0.179 e. The van der Waals surface area contributed by atoms with Gasteiger partial charge in [-0.3, -0.25) is 0 Å². The predicted octanol–water partition coefficient (Wildman–Crippen LogP) is 2.89. The molecule has 1 saturated carbocycles. The van der Waals surface area contributed by atoms with Crippen molar-refractivity contribution in [2.75, 3.05) is 19.8 Å². The SMILES string of the molecule is CC1CCC(NC(CN)c2cc(Cl)c3c(c2)OCCO3)C1. The molecule has 5 heteroatoms. The van der Waals surface area contributed by atoms with Crippen LogP contribution in [-0.2, 0) is 0 Å². The molecule has 3 N–H and O–H groups in total. The van der Waals surface area contributed by atoms with Crippen molar-refractivity contribution in [1.82, 2.24) is 5.32 Å². The summed E-state index contributed by atoms with van der Waals surface area (Å²) in [7, 11) is 0. The van der Waals surface area contributed by atoms with Crippen molar-refractivity contribution >= 4 is 11.6 Å². The van der Waals surface area contributed by atoms with Crippen molar-refractivity contribution in [3.05, 3.63) is 22.7 Å². The number of halogens is 1. The molecule has 0 radical (unpaired) electrons. The van der Waals surface area contributed by atoms with E-state index in [9.17, 15) is 0 Å². The Hall–Kier alpha value is -0.970. The van der Waals surface area contributed by atoms with Gasteiger partial charge in [-0.2, -0.15) is 0 Å². The minimum atomic E-state index is 0.105. The molecule has 116 valence electrons. The first kappa shape index (κ1) is 14.9. The highest BCUT2D eigenvalue weighted by molar-refractivity contribution is 6.32. The van der Waals surface area contributed by atoms with Gasteiger partial charge in [-0.05, 0) is 42.9 Å². The van der Waals surface area contributed by atoms with Crippen molar-refractivity contribution in [3.8, 4) is 11.5 Å². The lowest BCUT2D eigenvalue weighted by atomic mass is 10.0. The summed E-state index contributed by atoms with van der Waals surface area (Å²) in [6, 6.07) is 4.59. The third kappa shape index (κ3) is 3.28. The minimum absolute atomic E-state index is 0.105. The fourth-order valence-corrected chi connectivity index (χ4v) is 3.55. The average Bonchev–Trinajstić information content (AvgIpc) is 2.90. The molecule has 3 atom stereocenters. The number of nitrogens with two attached hydrogens (primary N) is 1. The van der Waals surface area contributed by atoms with Gasteiger partial charge < -0.3 is 20.5 Å². The Morgan fingerprint density at radius 1 is 1.33 bits per heavy atom. The van der Waals surface area contributed by atoms with Gasteiger partial charge in [-0.1, -0.05) is 18.5 Å². The molecule has 1 aromatic carbocycles. The van der Waals surface area contributed by atoms with Gasteiger partial charge in [-0.25, -0.2) is 0 Å². The topological polar surface area (TPSA) is 56.5 Å². The van der Waals surface area contributed by atoms with Gasteiger partial charge in [0.15, 0.2) is 11.5 Å². The number of nitrogens with one attached hydrogen (secondary N) is 1. The molecule has 1 aromatic rings. The fraction of sp³-hybridized carbons (Fsp3) is 0.625. The highest BCUT2D eigenvalue weighted by Crippen LogP contribution is 2.40. The quantitative estimate of drug-likeness (QED) is 0.898. The summed E-state index contributed by atoms with van der Waals surface area (Å²) in [6.07, 6.45) is 3.72. The van der Waals surface area contributed by atoms with Gasteiger partial charge in [-0.15, -0.1) is 0 Å². The monoisotopic (exact) mass is 310 g/mol. The minimum Gasteiger partial charge on any atom is -0.486 e. The van der Waals surface area contributed by atoms with Crippen LogP contribution in [0.1, 0.15) is 37.8 Å². The van der Waals surface area contributed by atoms with Crippen LogP contribution in [0.15, 0.2) is 12.1 Å². The van der Waals surface area contributed by atoms with Crippen LogP contribution in [0.25, 0.3) is 0 Å². The van der Waals surface area contributed by atoms with Crippen LogP contribution in [-0.4, -0.2) is 25.8 Å². The molecular formula is C16H23ClN2O2. The highest BCUT2D eigenvalue weighted by Gasteiger charge is 2.25. The molecule has 1 aliphatic heterocycles. The molecule has 4 nitrogen and oxygen atoms in total. The Balaban J connectivity index is 1.78. The number of benzene rings is 1. The van der Waals surface area contributed by atoms with Crippen molar-refractivity contribution in [2.24, 2.45) is 11.7 Å². The van der Waals surface area contributed by atoms with Gasteiger partial charge in [0.25, 0.3) is 0 Å². The Kier molecular flexibility index (Phi) is 4.57. The van der Waals surface area contributed by atoms with E-state index in [0.717, 1.165) is 17.2 Å². The summed E-state index contributed by atoms with van der Waals surface area (Å²) in [4.78, 5) is 0. The van der Waals surface area contributed by atoms with Gasteiger partial charge in [0.2, 0.25) is 0 Å². The molecule has 0 aromatic heterocycles. The summed E-state index contributed by atoms with van der Waals surface area (Å²) < 4.78 is 11.2. The van der Waals surface area contributed by atoms with Gasteiger partial charge in [0, 0.05) is 18.6 Å². The average molecular weight is 311 g/mol. The van der Waals surface area contributed by atoms with E-state index in [-0.39, 0.29) is 6.04 Å². The molecule has 3 rings (SSSR count). The third-order valence-electron chi connectivity index (χ3n) is 4.39. The second-order valence-corrected chi connectivity index (χ2v) is 6.50. The standard InChI is InChI=1S/C16H23ClN2O2/c1-10-2-3-12(6-10)19-14(9-18)11-7-13(17)16-15(8-11)20-4-5-21-16/h7-8,10,12,14,19H,2-6,9,18H2,1H3. The largest absolute Gasteiger partial charge is 0.486 e. The zero-order valence-corrected chi connectivity index (χ0v) is 13.2. The summed E-state index contributed by atoms with van der Waals surface area (Å²) in [6.45, 7) is 3.96. The van der Waals surface area contributed by atoms with E-state index in [0.29, 0.717) is 36.6 Å². The molecule has 2 aliphatic rings. The van der Waals surface area contributed by atoms with Crippen LogP contribution in [0.5, 0.6) is 11.5 Å². The van der Waals surface area contributed by atoms with E-state index in [1.165, 1.54) is 19.3 Å². The molecule has 1 heterocycles. The van der Waals surface area contributed by atoms with E-state index in [1.54, 1.807) is 0 Å². The summed E-state index contributed by atoms with van der Waals surface area (Å²) in [5.74, 6) is 2.17. The zero-order valence-electron chi connectivity index (χ0n) is 12.4. The van der Waals surface area contributed by atoms with E-state index >= 15 is 0 Å². The van der Waals surface area contributed by atoms with Crippen molar-refractivity contribution in [2.45, 2.75) is 38.3 Å². The lowest BCUT2D eigenvalue weighted by Gasteiger charge is -2.25. The summed E-state index contributed by atoms with van der Waals surface area (Å²) in [5, 5.41) is 4.27. The van der Waals surface area contributed by atoms with Crippen LogP contribution in [0.4, 0.5) is 0 Å². The van der Waals surface area contributed by atoms with Gasteiger partial charge >= 0.3 is 0 Å². The molecule has 1 aliphatic carbocycles. The van der Waals surface area contributed by atoms with E-state index in [1.807, 2.05) is 12.1 Å². The van der Waals surface area contributed by atoms with Crippen LogP contribution >= 0.6 is 11.6 Å². The first-order valence-electron chi connectivity index (χ1n) is 7.72. The maximum absolute atomic E-state index is 6.31. The van der Waals surface area contributed by atoms with Gasteiger partial charge in [0.1, 0.15) is 13.2 Å². The number of ether oxygens (including phenoxy) is 2. The lowest BCUT2D eigenvalue weighted by Crippen LogP contribution is -2.35. The highest BCUT2D eigenvalue weighted by atomic mass is 35.5. The van der Waals surface area contributed by atoms with E-state index in [4.69, 9.17) is 26.8 Å². The predicted molar refractivity (Wildman–Crippen MR) is 84.2 cm³/mol. The lowest BCUT2D eigenvalue weighted by molar-refractivity contribution is 0.171. The molecule has 0 bridgehead atoms. The molecule has 0 spiro atoms. The molecule has 0 saturated heterocycles. The smallest absolute Gasteiger partial charge is 0.179 e. The maximum atomic E-state index is 6.31. The van der Waals surface area contributed by atoms with Gasteiger partial charge in [0.05, 0.1) is 5.02 Å². The van der Waals surface area contributed by atoms with E-state index < -0.39 is 0 Å². The summed E-state index contributed by atoms with van der Waals surface area (Å²) >= 11 is 6.31.